The minimum absolute atomic E-state index is 0.296. The molecule has 0 aromatic heterocycles. The summed E-state index contributed by atoms with van der Waals surface area (Å²) in [5.74, 6) is 0.296. The summed E-state index contributed by atoms with van der Waals surface area (Å²) < 4.78 is 0. The molecule has 1 aromatic carbocycles. The summed E-state index contributed by atoms with van der Waals surface area (Å²) in [6.07, 6.45) is 4.09. The average molecular weight is 294 g/mol. The predicted octanol–water partition coefficient (Wildman–Crippen LogP) is 5.48. The van der Waals surface area contributed by atoms with Crippen LogP contribution in [0.4, 0.5) is 0 Å². The molecule has 1 atom stereocenters. The third-order valence-electron chi connectivity index (χ3n) is 2.38. The van der Waals surface area contributed by atoms with Crippen LogP contribution in [0, 0.1) is 0 Å². The maximum absolute atomic E-state index is 5.93. The molecule has 0 N–H and O–H groups in total. The van der Waals surface area contributed by atoms with Crippen molar-refractivity contribution in [1.29, 1.82) is 0 Å². The number of allylic oxidation sites excluding steroid dienone is 1. The van der Waals surface area contributed by atoms with Gasteiger partial charge in [0.1, 0.15) is 0 Å². The first-order valence-electron chi connectivity index (χ1n) is 5.22. The Labute approximate surface area is 112 Å². The van der Waals surface area contributed by atoms with Crippen molar-refractivity contribution in [3.63, 3.8) is 0 Å². The fourth-order valence-corrected chi connectivity index (χ4v) is 4.64. The molecule has 16 heavy (non-hydrogen) atoms. The second-order valence-corrected chi connectivity index (χ2v) is 13.1. The van der Waals surface area contributed by atoms with E-state index in [1.807, 2.05) is 19.1 Å². The molecule has 0 saturated carbocycles. The van der Waals surface area contributed by atoms with E-state index in [0.717, 1.165) is 0 Å². The van der Waals surface area contributed by atoms with Gasteiger partial charge in [-0.15, -0.1) is 33.2 Å². The molecular formula is C12H15Cl3Si. The Hall–Kier alpha value is 0.0469. The van der Waals surface area contributed by atoms with E-state index in [0.29, 0.717) is 12.0 Å². The highest BCUT2D eigenvalue weighted by molar-refractivity contribution is 7.64. The number of hydrogen-bond donors (Lipinski definition) is 0. The van der Waals surface area contributed by atoms with E-state index in [1.54, 1.807) is 0 Å². The zero-order valence-corrected chi connectivity index (χ0v) is 12.7. The van der Waals surface area contributed by atoms with Gasteiger partial charge in [-0.05, 0) is 30.0 Å². The van der Waals surface area contributed by atoms with Crippen molar-refractivity contribution in [1.82, 2.24) is 0 Å². The molecule has 0 bridgehead atoms. The van der Waals surface area contributed by atoms with Crippen LogP contribution in [0.2, 0.25) is 6.04 Å². The fourth-order valence-electron chi connectivity index (χ4n) is 1.63. The smallest absolute Gasteiger partial charge is 0.126 e. The Morgan fingerprint density at radius 1 is 1.31 bits per heavy atom. The highest BCUT2D eigenvalue weighted by Crippen LogP contribution is 2.34. The van der Waals surface area contributed by atoms with Gasteiger partial charge in [0.2, 0.25) is 0 Å². The van der Waals surface area contributed by atoms with Crippen molar-refractivity contribution in [2.75, 3.05) is 0 Å². The first-order valence-corrected chi connectivity index (χ1v) is 10.5. The van der Waals surface area contributed by atoms with Gasteiger partial charge in [-0.3, -0.25) is 0 Å². The minimum Gasteiger partial charge on any atom is -0.126 e. The fraction of sp³-hybridized carbons (Fsp3) is 0.333. The van der Waals surface area contributed by atoms with Gasteiger partial charge in [-0.2, -0.15) is 0 Å². The van der Waals surface area contributed by atoms with Crippen LogP contribution in [0.15, 0.2) is 30.3 Å². The molecule has 0 saturated heterocycles. The van der Waals surface area contributed by atoms with Crippen LogP contribution in [0.5, 0.6) is 0 Å². The normalized spacial score (nSPS) is 14.3. The van der Waals surface area contributed by atoms with Crippen LogP contribution in [0.25, 0.3) is 6.08 Å². The third kappa shape index (κ3) is 4.92. The van der Waals surface area contributed by atoms with Crippen molar-refractivity contribution in [2.45, 2.75) is 25.8 Å². The SMILES string of the molecule is CC=Cc1cccc(C(C)C[Si](Cl)(Cl)Cl)c1. The summed E-state index contributed by atoms with van der Waals surface area (Å²) in [6, 6.07) is 6.47. The number of hydrogen-bond acceptors (Lipinski definition) is 0. The lowest BCUT2D eigenvalue weighted by Crippen LogP contribution is -2.12. The van der Waals surface area contributed by atoms with Crippen molar-refractivity contribution in [3.05, 3.63) is 41.5 Å². The Balaban J connectivity index is 2.83. The van der Waals surface area contributed by atoms with E-state index in [4.69, 9.17) is 33.2 Å². The van der Waals surface area contributed by atoms with Gasteiger partial charge in [-0.1, -0.05) is 43.3 Å². The van der Waals surface area contributed by atoms with Crippen molar-refractivity contribution < 1.29 is 0 Å². The Morgan fingerprint density at radius 2 is 2.00 bits per heavy atom. The first-order chi connectivity index (χ1) is 7.42. The van der Waals surface area contributed by atoms with Crippen LogP contribution in [-0.4, -0.2) is 6.00 Å². The van der Waals surface area contributed by atoms with Gasteiger partial charge >= 0.3 is 6.00 Å². The number of halogens is 3. The number of benzene rings is 1. The molecule has 0 nitrogen and oxygen atoms in total. The zero-order valence-electron chi connectivity index (χ0n) is 9.38. The van der Waals surface area contributed by atoms with Gasteiger partial charge < -0.3 is 0 Å². The highest BCUT2D eigenvalue weighted by Gasteiger charge is 2.28. The summed E-state index contributed by atoms with van der Waals surface area (Å²) >= 11 is 17.8. The molecule has 0 aliphatic rings. The van der Waals surface area contributed by atoms with E-state index in [9.17, 15) is 0 Å². The monoisotopic (exact) mass is 292 g/mol. The lowest BCUT2D eigenvalue weighted by molar-refractivity contribution is 0.858. The summed E-state index contributed by atoms with van der Waals surface area (Å²) in [6.45, 7) is 4.11. The summed E-state index contributed by atoms with van der Waals surface area (Å²) in [4.78, 5) is 0. The zero-order chi connectivity index (χ0) is 12.2. The van der Waals surface area contributed by atoms with E-state index in [-0.39, 0.29) is 0 Å². The van der Waals surface area contributed by atoms with E-state index in [2.05, 4.69) is 31.2 Å². The largest absolute Gasteiger partial charge is 0.342 e. The van der Waals surface area contributed by atoms with Crippen LogP contribution in [-0.2, 0) is 0 Å². The molecular weight excluding hydrogens is 279 g/mol. The van der Waals surface area contributed by atoms with E-state index in [1.165, 1.54) is 11.1 Å². The molecule has 0 aliphatic carbocycles. The lowest BCUT2D eigenvalue weighted by atomic mass is 10.0. The Kier molecular flexibility index (Phi) is 5.39. The molecule has 88 valence electrons. The Morgan fingerprint density at radius 3 is 2.56 bits per heavy atom. The minimum atomic E-state index is -2.54. The molecule has 0 aliphatic heterocycles. The Bertz CT molecular complexity index is 369. The number of rotatable bonds is 4. The van der Waals surface area contributed by atoms with Gasteiger partial charge in [0.15, 0.2) is 0 Å². The standard InChI is InChI=1S/C12H15Cl3Si/c1-3-5-11-6-4-7-12(8-11)10(2)9-16(13,14)15/h3-8,10H,9H2,1-2H3. The second kappa shape index (κ2) is 6.11. The molecule has 0 amide bonds. The lowest BCUT2D eigenvalue weighted by Gasteiger charge is -2.16. The molecule has 1 unspecified atom stereocenters. The molecule has 1 rings (SSSR count). The average Bonchev–Trinajstić information content (AvgIpc) is 2.16. The molecule has 4 heteroatoms. The van der Waals surface area contributed by atoms with Gasteiger partial charge in [0, 0.05) is 0 Å². The third-order valence-corrected chi connectivity index (χ3v) is 4.84. The second-order valence-electron chi connectivity index (χ2n) is 3.89. The quantitative estimate of drug-likeness (QED) is 0.509. The maximum atomic E-state index is 5.93. The predicted molar refractivity (Wildman–Crippen MR) is 77.7 cm³/mol. The first kappa shape index (κ1) is 14.1. The highest BCUT2D eigenvalue weighted by atomic mass is 35.8. The van der Waals surface area contributed by atoms with Crippen LogP contribution in [0.1, 0.15) is 30.9 Å². The van der Waals surface area contributed by atoms with E-state index >= 15 is 0 Å². The molecule has 0 radical (unpaired) electrons. The molecule has 0 heterocycles. The summed E-state index contributed by atoms with van der Waals surface area (Å²) in [7, 11) is 0. The van der Waals surface area contributed by atoms with Gasteiger partial charge in [-0.25, -0.2) is 0 Å². The molecule has 0 fully saturated rings. The van der Waals surface area contributed by atoms with Crippen molar-refractivity contribution in [3.8, 4) is 0 Å². The topological polar surface area (TPSA) is 0 Å². The molecule has 0 spiro atoms. The van der Waals surface area contributed by atoms with Crippen LogP contribution < -0.4 is 0 Å². The van der Waals surface area contributed by atoms with Gasteiger partial charge in [0.25, 0.3) is 0 Å². The van der Waals surface area contributed by atoms with Crippen LogP contribution >= 0.6 is 33.2 Å². The van der Waals surface area contributed by atoms with Gasteiger partial charge in [0.05, 0.1) is 0 Å². The maximum Gasteiger partial charge on any atom is 0.342 e. The molecule has 1 aromatic rings. The summed E-state index contributed by atoms with van der Waals surface area (Å²) in [5.41, 5.74) is 2.42. The van der Waals surface area contributed by atoms with Crippen LogP contribution in [0.3, 0.4) is 0 Å². The summed E-state index contributed by atoms with van der Waals surface area (Å²) in [5, 5.41) is 0. The van der Waals surface area contributed by atoms with E-state index < -0.39 is 6.00 Å². The van der Waals surface area contributed by atoms with Crippen molar-refractivity contribution >= 4 is 45.3 Å². The van der Waals surface area contributed by atoms with Crippen molar-refractivity contribution in [2.24, 2.45) is 0 Å².